The Bertz CT molecular complexity index is 789. The van der Waals surface area contributed by atoms with Gasteiger partial charge in [0, 0.05) is 23.9 Å². The predicted octanol–water partition coefficient (Wildman–Crippen LogP) is 2.28. The second-order valence-electron chi connectivity index (χ2n) is 4.99. The molecule has 8 nitrogen and oxygen atoms in total. The number of aromatic carboxylic acids is 1. The molecule has 0 amide bonds. The van der Waals surface area contributed by atoms with Gasteiger partial charge >= 0.3 is 5.97 Å². The van der Waals surface area contributed by atoms with Gasteiger partial charge in [-0.25, -0.2) is 4.79 Å². The van der Waals surface area contributed by atoms with Crippen molar-refractivity contribution < 1.29 is 24.6 Å². The number of carbonyl (C=O) groups excluding carboxylic acids is 1. The lowest BCUT2D eigenvalue weighted by Crippen LogP contribution is -2.15. The molecule has 0 fully saturated rings. The van der Waals surface area contributed by atoms with Crippen molar-refractivity contribution in [2.75, 3.05) is 0 Å². The van der Waals surface area contributed by atoms with E-state index in [1.165, 1.54) is 13.0 Å². The summed E-state index contributed by atoms with van der Waals surface area (Å²) in [7, 11) is 0. The summed E-state index contributed by atoms with van der Waals surface area (Å²) >= 11 is 0. The summed E-state index contributed by atoms with van der Waals surface area (Å²) in [6.07, 6.45) is 1.87. The Morgan fingerprint density at radius 2 is 1.92 bits per heavy atom. The van der Waals surface area contributed by atoms with Crippen LogP contribution < -0.4 is 0 Å². The van der Waals surface area contributed by atoms with Gasteiger partial charge in [-0.15, -0.1) is 10.1 Å². The van der Waals surface area contributed by atoms with Gasteiger partial charge in [0.1, 0.15) is 6.61 Å². The van der Waals surface area contributed by atoms with Crippen LogP contribution in [0.5, 0.6) is 0 Å². The van der Waals surface area contributed by atoms with Crippen LogP contribution in [0.15, 0.2) is 36.5 Å². The number of benzene rings is 1. The molecule has 0 aliphatic carbocycles. The van der Waals surface area contributed by atoms with Gasteiger partial charge in [0.05, 0.1) is 5.56 Å². The van der Waals surface area contributed by atoms with Crippen LogP contribution in [0.1, 0.15) is 44.5 Å². The highest BCUT2D eigenvalue weighted by atomic mass is 16.9. The highest BCUT2D eigenvalue weighted by Gasteiger charge is 2.22. The van der Waals surface area contributed by atoms with Gasteiger partial charge < -0.3 is 9.94 Å². The molecule has 24 heavy (non-hydrogen) atoms. The molecular formula is C16H14N2O6. The number of carboxylic acids is 1. The summed E-state index contributed by atoms with van der Waals surface area (Å²) in [6, 6.07) is 8.27. The molecular weight excluding hydrogens is 316 g/mol. The second-order valence-corrected chi connectivity index (χ2v) is 4.99. The van der Waals surface area contributed by atoms with E-state index in [1.54, 1.807) is 30.5 Å². The zero-order valence-corrected chi connectivity index (χ0v) is 12.8. The summed E-state index contributed by atoms with van der Waals surface area (Å²) in [5.74, 6) is -1.79. The predicted molar refractivity (Wildman–Crippen MR) is 82.2 cm³/mol. The number of rotatable bonds is 7. The minimum atomic E-state index is -1.34. The standard InChI is InChI=1S/C16H14N2O6/c1-10(19)14-11(8-13-4-2-3-7-17-13)5-6-12(9-24-18(22)23)15(14)16(20)21/h2-7H,8-9H2,1H3,(H,20,21). The van der Waals surface area contributed by atoms with Crippen molar-refractivity contribution in [1.29, 1.82) is 0 Å². The lowest BCUT2D eigenvalue weighted by molar-refractivity contribution is -0.763. The Hall–Kier alpha value is -3.29. The summed E-state index contributed by atoms with van der Waals surface area (Å²) in [6.45, 7) is 0.709. The van der Waals surface area contributed by atoms with E-state index in [2.05, 4.69) is 9.82 Å². The van der Waals surface area contributed by atoms with E-state index in [4.69, 9.17) is 0 Å². The van der Waals surface area contributed by atoms with Crippen LogP contribution in [-0.4, -0.2) is 26.9 Å². The van der Waals surface area contributed by atoms with E-state index in [0.29, 0.717) is 11.3 Å². The van der Waals surface area contributed by atoms with Crippen molar-refractivity contribution in [2.45, 2.75) is 20.0 Å². The Morgan fingerprint density at radius 3 is 2.46 bits per heavy atom. The Labute approximate surface area is 136 Å². The third kappa shape index (κ3) is 3.92. The number of aromatic nitrogens is 1. The molecule has 0 spiro atoms. The van der Waals surface area contributed by atoms with Crippen molar-refractivity contribution in [2.24, 2.45) is 0 Å². The topological polar surface area (TPSA) is 120 Å². The van der Waals surface area contributed by atoms with Crippen molar-refractivity contribution >= 4 is 11.8 Å². The third-order valence-corrected chi connectivity index (χ3v) is 3.37. The van der Waals surface area contributed by atoms with E-state index in [9.17, 15) is 24.8 Å². The fraction of sp³-hybridized carbons (Fsp3) is 0.188. The van der Waals surface area contributed by atoms with Crippen LogP contribution in [0.3, 0.4) is 0 Å². The first-order valence-electron chi connectivity index (χ1n) is 6.96. The minimum Gasteiger partial charge on any atom is -0.478 e. The zero-order chi connectivity index (χ0) is 17.7. The van der Waals surface area contributed by atoms with E-state index >= 15 is 0 Å². The first-order chi connectivity index (χ1) is 11.4. The van der Waals surface area contributed by atoms with Crippen molar-refractivity contribution in [3.8, 4) is 0 Å². The van der Waals surface area contributed by atoms with Crippen LogP contribution >= 0.6 is 0 Å². The highest BCUT2D eigenvalue weighted by Crippen LogP contribution is 2.23. The molecule has 0 aliphatic rings. The minimum absolute atomic E-state index is 0.0117. The quantitative estimate of drug-likeness (QED) is 0.470. The first-order valence-corrected chi connectivity index (χ1v) is 6.96. The average molecular weight is 330 g/mol. The normalized spacial score (nSPS) is 10.2. The number of pyridine rings is 1. The SMILES string of the molecule is CC(=O)c1c(Cc2ccccn2)ccc(CO[N+](=O)[O-])c1C(=O)O. The Kier molecular flexibility index (Phi) is 5.20. The number of ketones is 1. The van der Waals surface area contributed by atoms with Gasteiger partial charge in [0.25, 0.3) is 5.09 Å². The fourth-order valence-electron chi connectivity index (χ4n) is 2.42. The average Bonchev–Trinajstić information content (AvgIpc) is 2.53. The zero-order valence-electron chi connectivity index (χ0n) is 12.8. The molecule has 0 atom stereocenters. The monoisotopic (exact) mass is 330 g/mol. The van der Waals surface area contributed by atoms with Crippen LogP contribution in [-0.2, 0) is 17.9 Å². The molecule has 8 heteroatoms. The fourth-order valence-corrected chi connectivity index (χ4v) is 2.42. The first kappa shape index (κ1) is 17.1. The maximum absolute atomic E-state index is 12.0. The molecule has 0 unspecified atom stereocenters. The summed E-state index contributed by atoms with van der Waals surface area (Å²) in [5, 5.41) is 18.8. The molecule has 2 aromatic rings. The smallest absolute Gasteiger partial charge is 0.336 e. The van der Waals surface area contributed by atoms with Crippen LogP contribution in [0.25, 0.3) is 0 Å². The van der Waals surface area contributed by atoms with Crippen LogP contribution in [0.2, 0.25) is 0 Å². The van der Waals surface area contributed by atoms with Crippen LogP contribution in [0.4, 0.5) is 0 Å². The maximum Gasteiger partial charge on any atom is 0.336 e. The lowest BCUT2D eigenvalue weighted by atomic mass is 9.91. The van der Waals surface area contributed by atoms with Gasteiger partial charge in [-0.3, -0.25) is 9.78 Å². The number of nitrogens with zero attached hydrogens (tertiary/aromatic N) is 2. The third-order valence-electron chi connectivity index (χ3n) is 3.37. The number of carbonyl (C=O) groups is 2. The van der Waals surface area contributed by atoms with Gasteiger partial charge in [0.15, 0.2) is 5.78 Å². The maximum atomic E-state index is 12.0. The molecule has 1 heterocycles. The van der Waals surface area contributed by atoms with Crippen LogP contribution in [0, 0.1) is 10.1 Å². The van der Waals surface area contributed by atoms with E-state index in [0.717, 1.165) is 0 Å². The molecule has 2 rings (SSSR count). The van der Waals surface area contributed by atoms with Crippen molar-refractivity contribution in [1.82, 2.24) is 4.98 Å². The van der Waals surface area contributed by atoms with Gasteiger partial charge in [-0.05, 0) is 30.2 Å². The summed E-state index contributed by atoms with van der Waals surface area (Å²) in [4.78, 5) is 42.4. The van der Waals surface area contributed by atoms with Crippen molar-refractivity contribution in [3.05, 3.63) is 74.6 Å². The molecule has 0 aliphatic heterocycles. The van der Waals surface area contributed by atoms with Gasteiger partial charge in [0.2, 0.25) is 0 Å². The number of carboxylic acid groups (broad SMARTS) is 1. The molecule has 1 aromatic heterocycles. The largest absolute Gasteiger partial charge is 0.478 e. The number of hydrogen-bond donors (Lipinski definition) is 1. The summed E-state index contributed by atoms with van der Waals surface area (Å²) in [5.41, 5.74) is 0.957. The number of Topliss-reactive ketones (excluding diaryl/α,β-unsaturated/α-hetero) is 1. The molecule has 0 saturated carbocycles. The Morgan fingerprint density at radius 1 is 1.21 bits per heavy atom. The molecule has 0 saturated heterocycles. The van der Waals surface area contributed by atoms with E-state index in [-0.39, 0.29) is 23.1 Å². The lowest BCUT2D eigenvalue weighted by Gasteiger charge is -2.14. The molecule has 0 bridgehead atoms. The Balaban J connectivity index is 2.52. The molecule has 0 radical (unpaired) electrons. The van der Waals surface area contributed by atoms with Crippen molar-refractivity contribution in [3.63, 3.8) is 0 Å². The molecule has 1 aromatic carbocycles. The highest BCUT2D eigenvalue weighted by molar-refractivity contribution is 6.06. The second kappa shape index (κ2) is 7.32. The number of hydrogen-bond acceptors (Lipinski definition) is 6. The molecule has 124 valence electrons. The van der Waals surface area contributed by atoms with Gasteiger partial charge in [-0.1, -0.05) is 18.2 Å². The van der Waals surface area contributed by atoms with E-state index in [1.807, 2.05) is 0 Å². The summed E-state index contributed by atoms with van der Waals surface area (Å²) < 4.78 is 0. The van der Waals surface area contributed by atoms with E-state index < -0.39 is 23.4 Å². The van der Waals surface area contributed by atoms with Gasteiger partial charge in [-0.2, -0.15) is 0 Å². The molecule has 1 N–H and O–H groups in total.